The average molecular weight is 471 g/mol. The summed E-state index contributed by atoms with van der Waals surface area (Å²) in [4.78, 5) is 16.9. The van der Waals surface area contributed by atoms with Crippen LogP contribution in [-0.4, -0.2) is 55.0 Å². The molecule has 3 rings (SSSR count). The lowest BCUT2D eigenvalue weighted by atomic mass is 10.1. The topological polar surface area (TPSA) is 76.6 Å². The Morgan fingerprint density at radius 3 is 2.44 bits per heavy atom. The maximum Gasteiger partial charge on any atom is 0.244 e. The third-order valence-corrected chi connectivity index (χ3v) is 7.57. The van der Waals surface area contributed by atoms with E-state index in [1.54, 1.807) is 18.2 Å². The van der Waals surface area contributed by atoms with E-state index in [1.807, 2.05) is 19.1 Å². The number of Topliss-reactive ketones (excluding diaryl/α,β-unsaturated/α-hetero) is 1. The van der Waals surface area contributed by atoms with Gasteiger partial charge in [-0.05, 0) is 31.2 Å². The predicted octanol–water partition coefficient (Wildman–Crippen LogP) is 3.23. The van der Waals surface area contributed by atoms with Crippen molar-refractivity contribution in [2.45, 2.75) is 22.1 Å². The second-order valence-corrected chi connectivity index (χ2v) is 10.2. The Morgan fingerprint density at radius 1 is 1.19 bits per heavy atom. The number of carbonyl (C=O) groups is 1. The highest BCUT2D eigenvalue weighted by molar-refractivity contribution is 9.10. The number of nitrogens with zero attached hydrogens (tertiary/aromatic N) is 2. The number of morpholine rings is 1. The standard InChI is InChI=1S/C18H19BrN2O4S2/c1-13(18(22)14-2-4-15(19)5-3-14)26-17-7-6-16(12-20-17)27(23,24)21-8-10-25-11-9-21/h2-7,12-13H,8-11H2,1H3. The lowest BCUT2D eigenvalue weighted by Crippen LogP contribution is -2.40. The van der Waals surface area contributed by atoms with Gasteiger partial charge in [-0.3, -0.25) is 4.79 Å². The van der Waals surface area contributed by atoms with E-state index in [2.05, 4.69) is 20.9 Å². The summed E-state index contributed by atoms with van der Waals surface area (Å²) >= 11 is 4.66. The molecule has 144 valence electrons. The number of hydrogen-bond donors (Lipinski definition) is 0. The number of rotatable bonds is 6. The first-order chi connectivity index (χ1) is 12.9. The van der Waals surface area contributed by atoms with Crippen molar-refractivity contribution in [2.75, 3.05) is 26.3 Å². The molecule has 2 aromatic rings. The van der Waals surface area contributed by atoms with Crippen LogP contribution in [0.2, 0.25) is 0 Å². The fraction of sp³-hybridized carbons (Fsp3) is 0.333. The molecule has 2 heterocycles. The molecule has 1 aliphatic rings. The van der Waals surface area contributed by atoms with Crippen LogP contribution in [0.3, 0.4) is 0 Å². The molecular formula is C18H19BrN2O4S2. The quantitative estimate of drug-likeness (QED) is 0.476. The zero-order valence-electron chi connectivity index (χ0n) is 14.7. The summed E-state index contributed by atoms with van der Waals surface area (Å²) in [5, 5.41) is 0.272. The summed E-state index contributed by atoms with van der Waals surface area (Å²) in [5.41, 5.74) is 0.629. The highest BCUT2D eigenvalue weighted by atomic mass is 79.9. The first-order valence-corrected chi connectivity index (χ1v) is 11.5. The fourth-order valence-corrected chi connectivity index (χ4v) is 5.09. The van der Waals surface area contributed by atoms with Gasteiger partial charge in [0.25, 0.3) is 0 Å². The van der Waals surface area contributed by atoms with Gasteiger partial charge in [0, 0.05) is 29.3 Å². The van der Waals surface area contributed by atoms with Crippen LogP contribution in [0.5, 0.6) is 0 Å². The predicted molar refractivity (Wildman–Crippen MR) is 108 cm³/mol. The molecule has 1 unspecified atom stereocenters. The molecule has 1 aromatic heterocycles. The summed E-state index contributed by atoms with van der Waals surface area (Å²) in [7, 11) is -3.56. The van der Waals surface area contributed by atoms with Gasteiger partial charge in [0.2, 0.25) is 10.0 Å². The lowest BCUT2D eigenvalue weighted by molar-refractivity contribution is 0.0730. The molecule has 0 saturated carbocycles. The maximum atomic E-state index is 12.6. The number of ether oxygens (including phenoxy) is 1. The minimum Gasteiger partial charge on any atom is -0.379 e. The Balaban J connectivity index is 1.68. The molecule has 6 nitrogen and oxygen atoms in total. The van der Waals surface area contributed by atoms with Crippen LogP contribution in [0.25, 0.3) is 0 Å². The van der Waals surface area contributed by atoms with Crippen LogP contribution in [0.15, 0.2) is 57.0 Å². The first kappa shape index (κ1) is 20.5. The minimum absolute atomic E-state index is 0.000634. The minimum atomic E-state index is -3.56. The van der Waals surface area contributed by atoms with Crippen molar-refractivity contribution in [3.8, 4) is 0 Å². The van der Waals surface area contributed by atoms with Crippen molar-refractivity contribution < 1.29 is 17.9 Å². The van der Waals surface area contributed by atoms with Crippen molar-refractivity contribution in [1.82, 2.24) is 9.29 Å². The Morgan fingerprint density at radius 2 is 1.85 bits per heavy atom. The van der Waals surface area contributed by atoms with Gasteiger partial charge < -0.3 is 4.74 Å². The van der Waals surface area contributed by atoms with Crippen LogP contribution < -0.4 is 0 Å². The zero-order valence-corrected chi connectivity index (χ0v) is 17.9. The Bertz CT molecular complexity index is 896. The van der Waals surface area contributed by atoms with Gasteiger partial charge in [0.15, 0.2) is 5.78 Å². The summed E-state index contributed by atoms with van der Waals surface area (Å²) in [5.74, 6) is -0.000634. The number of hydrogen-bond acceptors (Lipinski definition) is 6. The first-order valence-electron chi connectivity index (χ1n) is 8.38. The van der Waals surface area contributed by atoms with E-state index in [-0.39, 0.29) is 15.9 Å². The molecule has 0 spiro atoms. The Hall–Kier alpha value is -1.26. The molecule has 0 aliphatic carbocycles. The summed E-state index contributed by atoms with van der Waals surface area (Å²) < 4.78 is 32.7. The molecule has 9 heteroatoms. The van der Waals surface area contributed by atoms with Crippen molar-refractivity contribution in [3.05, 3.63) is 52.6 Å². The average Bonchev–Trinajstić information content (AvgIpc) is 2.69. The number of halogens is 1. The van der Waals surface area contributed by atoms with Crippen molar-refractivity contribution in [2.24, 2.45) is 0 Å². The van der Waals surface area contributed by atoms with Gasteiger partial charge in [0.05, 0.1) is 23.5 Å². The summed E-state index contributed by atoms with van der Waals surface area (Å²) in [6.07, 6.45) is 1.35. The van der Waals surface area contributed by atoms with Crippen molar-refractivity contribution in [1.29, 1.82) is 0 Å². The van der Waals surface area contributed by atoms with Crippen LogP contribution in [0.4, 0.5) is 0 Å². The Kier molecular flexibility index (Phi) is 6.69. The third kappa shape index (κ3) is 4.97. The monoisotopic (exact) mass is 470 g/mol. The highest BCUT2D eigenvalue weighted by Gasteiger charge is 2.26. The van der Waals surface area contributed by atoms with Gasteiger partial charge in [-0.1, -0.05) is 39.8 Å². The smallest absolute Gasteiger partial charge is 0.244 e. The maximum absolute atomic E-state index is 12.6. The third-order valence-electron chi connectivity index (χ3n) is 4.11. The Labute approximate surface area is 171 Å². The lowest BCUT2D eigenvalue weighted by Gasteiger charge is -2.25. The molecule has 1 aliphatic heterocycles. The summed E-state index contributed by atoms with van der Waals surface area (Å²) in [6.45, 7) is 3.30. The number of thioether (sulfide) groups is 1. The second-order valence-electron chi connectivity index (χ2n) is 5.98. The summed E-state index contributed by atoms with van der Waals surface area (Å²) in [6, 6.07) is 10.4. The van der Waals surface area contributed by atoms with E-state index in [0.29, 0.717) is 36.9 Å². The molecule has 27 heavy (non-hydrogen) atoms. The van der Waals surface area contributed by atoms with Gasteiger partial charge in [-0.25, -0.2) is 13.4 Å². The van der Waals surface area contributed by atoms with E-state index in [4.69, 9.17) is 4.74 Å². The highest BCUT2D eigenvalue weighted by Crippen LogP contribution is 2.26. The van der Waals surface area contributed by atoms with Gasteiger partial charge in [-0.15, -0.1) is 0 Å². The molecule has 1 fully saturated rings. The number of carbonyl (C=O) groups excluding carboxylic acids is 1. The van der Waals surface area contributed by atoms with Crippen LogP contribution in [0.1, 0.15) is 17.3 Å². The van der Waals surface area contributed by atoms with E-state index in [9.17, 15) is 13.2 Å². The molecule has 0 radical (unpaired) electrons. The molecule has 0 bridgehead atoms. The number of ketones is 1. The number of pyridine rings is 1. The van der Waals surface area contributed by atoms with E-state index < -0.39 is 10.0 Å². The fourth-order valence-electron chi connectivity index (χ4n) is 2.61. The molecular weight excluding hydrogens is 452 g/mol. The normalized spacial score (nSPS) is 16.8. The van der Waals surface area contributed by atoms with Gasteiger partial charge >= 0.3 is 0 Å². The molecule has 1 atom stereocenters. The molecule has 0 amide bonds. The molecule has 1 aromatic carbocycles. The van der Waals surface area contributed by atoms with Crippen molar-refractivity contribution >= 4 is 43.5 Å². The van der Waals surface area contributed by atoms with E-state index >= 15 is 0 Å². The number of aromatic nitrogens is 1. The van der Waals surface area contributed by atoms with Gasteiger partial charge in [-0.2, -0.15) is 4.31 Å². The zero-order chi connectivity index (χ0) is 19.4. The molecule has 0 N–H and O–H groups in total. The van der Waals surface area contributed by atoms with Crippen molar-refractivity contribution in [3.63, 3.8) is 0 Å². The number of sulfonamides is 1. The number of benzene rings is 1. The van der Waals surface area contributed by atoms with Gasteiger partial charge in [0.1, 0.15) is 4.90 Å². The van der Waals surface area contributed by atoms with E-state index in [1.165, 1.54) is 28.3 Å². The van der Waals surface area contributed by atoms with Crippen LogP contribution >= 0.6 is 27.7 Å². The van der Waals surface area contributed by atoms with Crippen LogP contribution in [0, 0.1) is 0 Å². The van der Waals surface area contributed by atoms with Crippen LogP contribution in [-0.2, 0) is 14.8 Å². The molecule has 1 saturated heterocycles. The van der Waals surface area contributed by atoms with E-state index in [0.717, 1.165) is 4.47 Å². The largest absolute Gasteiger partial charge is 0.379 e. The SMILES string of the molecule is CC(Sc1ccc(S(=O)(=O)N2CCOCC2)cn1)C(=O)c1ccc(Br)cc1. The second kappa shape index (κ2) is 8.83.